The molecule has 4 heteroatoms. The van der Waals surface area contributed by atoms with Gasteiger partial charge in [0.15, 0.2) is 0 Å². The first-order valence-electron chi connectivity index (χ1n) is 8.96. The first kappa shape index (κ1) is 16.7. The highest BCUT2D eigenvalue weighted by molar-refractivity contribution is 5.79. The van der Waals surface area contributed by atoms with E-state index in [1.165, 1.54) is 19.3 Å². The minimum Gasteiger partial charge on any atom is -0.353 e. The van der Waals surface area contributed by atoms with Crippen LogP contribution in [0.15, 0.2) is 30.3 Å². The molecule has 24 heavy (non-hydrogen) atoms. The average Bonchev–Trinajstić information content (AvgIpc) is 2.86. The number of carbonyl (C=O) groups excluding carboxylic acids is 1. The highest BCUT2D eigenvalue weighted by atomic mass is 16.1. The number of rotatable bonds is 4. The zero-order chi connectivity index (χ0) is 17.1. The van der Waals surface area contributed by atoms with Crippen LogP contribution in [0.3, 0.4) is 0 Å². The van der Waals surface area contributed by atoms with Crippen LogP contribution < -0.4 is 5.32 Å². The number of aryl methyl sites for hydroxylation is 1. The molecule has 0 bridgehead atoms. The molecule has 128 valence electrons. The summed E-state index contributed by atoms with van der Waals surface area (Å²) in [6.45, 7) is 6.27. The molecule has 3 rings (SSSR count). The lowest BCUT2D eigenvalue weighted by Gasteiger charge is -2.29. The van der Waals surface area contributed by atoms with E-state index in [4.69, 9.17) is 0 Å². The molecule has 1 aromatic carbocycles. The van der Waals surface area contributed by atoms with Gasteiger partial charge in [-0.2, -0.15) is 5.10 Å². The molecular weight excluding hydrogens is 298 g/mol. The van der Waals surface area contributed by atoms with Crippen LogP contribution in [0.4, 0.5) is 0 Å². The van der Waals surface area contributed by atoms with Gasteiger partial charge in [-0.15, -0.1) is 0 Å². The maximum absolute atomic E-state index is 12.5. The first-order chi connectivity index (χ1) is 11.6. The Morgan fingerprint density at radius 1 is 1.21 bits per heavy atom. The number of para-hydroxylation sites is 1. The second kappa shape index (κ2) is 7.20. The maximum Gasteiger partial charge on any atom is 0.224 e. The van der Waals surface area contributed by atoms with E-state index in [1.54, 1.807) is 0 Å². The molecule has 1 heterocycles. The van der Waals surface area contributed by atoms with E-state index in [0.717, 1.165) is 29.1 Å². The number of benzene rings is 1. The molecule has 1 amide bonds. The zero-order valence-electron chi connectivity index (χ0n) is 14.9. The molecule has 4 nitrogen and oxygen atoms in total. The van der Waals surface area contributed by atoms with Crippen LogP contribution in [0.25, 0.3) is 5.69 Å². The third kappa shape index (κ3) is 3.53. The van der Waals surface area contributed by atoms with E-state index in [9.17, 15) is 4.79 Å². The number of amides is 1. The van der Waals surface area contributed by atoms with E-state index in [-0.39, 0.29) is 5.91 Å². The molecule has 1 aliphatic rings. The molecule has 0 aliphatic heterocycles. The van der Waals surface area contributed by atoms with Crippen LogP contribution in [0.1, 0.15) is 49.6 Å². The van der Waals surface area contributed by atoms with E-state index in [2.05, 4.69) is 17.3 Å². The molecule has 0 saturated heterocycles. The van der Waals surface area contributed by atoms with E-state index in [0.29, 0.717) is 18.4 Å². The Bertz CT molecular complexity index is 705. The Morgan fingerprint density at radius 2 is 1.92 bits per heavy atom. The van der Waals surface area contributed by atoms with E-state index in [1.807, 2.05) is 48.9 Å². The van der Waals surface area contributed by atoms with Crippen molar-refractivity contribution in [2.24, 2.45) is 5.92 Å². The summed E-state index contributed by atoms with van der Waals surface area (Å²) in [6, 6.07) is 10.4. The highest BCUT2D eigenvalue weighted by Crippen LogP contribution is 2.24. The summed E-state index contributed by atoms with van der Waals surface area (Å²) in [5.74, 6) is 0.699. The second-order valence-electron chi connectivity index (χ2n) is 7.01. The van der Waals surface area contributed by atoms with Crippen molar-refractivity contribution in [2.75, 3.05) is 0 Å². The van der Waals surface area contributed by atoms with Crippen molar-refractivity contribution in [3.8, 4) is 5.69 Å². The zero-order valence-corrected chi connectivity index (χ0v) is 14.9. The van der Waals surface area contributed by atoms with Crippen LogP contribution in [-0.4, -0.2) is 21.7 Å². The quantitative estimate of drug-likeness (QED) is 0.931. The van der Waals surface area contributed by atoms with Gasteiger partial charge in [0.05, 0.1) is 17.8 Å². The lowest BCUT2D eigenvalue weighted by atomic mass is 9.86. The van der Waals surface area contributed by atoms with Gasteiger partial charge in [0.2, 0.25) is 5.91 Å². The maximum atomic E-state index is 12.5. The standard InChI is InChI=1S/C20H27N3O/c1-14-9-7-8-12-19(14)21-20(24)13-18-15(2)22-23(16(18)3)17-10-5-4-6-11-17/h4-6,10-11,14,19H,7-9,12-13H2,1-3H3,(H,21,24)/t14-,19-/m1/s1. The summed E-state index contributed by atoms with van der Waals surface area (Å²) in [6.07, 6.45) is 5.24. The van der Waals surface area contributed by atoms with Gasteiger partial charge in [0, 0.05) is 17.3 Å². The molecule has 1 aliphatic carbocycles. The second-order valence-corrected chi connectivity index (χ2v) is 7.01. The van der Waals surface area contributed by atoms with Crippen molar-refractivity contribution in [2.45, 2.75) is 58.9 Å². The molecular formula is C20H27N3O. The van der Waals surface area contributed by atoms with Crippen molar-refractivity contribution in [3.63, 3.8) is 0 Å². The van der Waals surface area contributed by atoms with Gasteiger partial charge in [-0.1, -0.05) is 38.0 Å². The SMILES string of the molecule is Cc1nn(-c2ccccc2)c(C)c1CC(=O)N[C@@H]1CCCC[C@H]1C. The fourth-order valence-corrected chi connectivity index (χ4v) is 3.70. The van der Waals surface area contributed by atoms with E-state index >= 15 is 0 Å². The van der Waals surface area contributed by atoms with Crippen molar-refractivity contribution in [3.05, 3.63) is 47.3 Å². The monoisotopic (exact) mass is 325 g/mol. The number of carbonyl (C=O) groups is 1. The lowest BCUT2D eigenvalue weighted by molar-refractivity contribution is -0.121. The summed E-state index contributed by atoms with van der Waals surface area (Å²) >= 11 is 0. The Hall–Kier alpha value is -2.10. The number of aromatic nitrogens is 2. The summed E-state index contributed by atoms with van der Waals surface area (Å²) in [5, 5.41) is 7.88. The van der Waals surface area contributed by atoms with Gasteiger partial charge < -0.3 is 5.32 Å². The molecule has 0 unspecified atom stereocenters. The van der Waals surface area contributed by atoms with Gasteiger partial charge in [-0.05, 0) is 44.7 Å². The number of nitrogens with one attached hydrogen (secondary N) is 1. The molecule has 2 aromatic rings. The molecule has 0 radical (unpaired) electrons. The fourth-order valence-electron chi connectivity index (χ4n) is 3.70. The smallest absolute Gasteiger partial charge is 0.224 e. The lowest BCUT2D eigenvalue weighted by Crippen LogP contribution is -2.41. The number of hydrogen-bond acceptors (Lipinski definition) is 2. The minimum atomic E-state index is 0.118. The normalized spacial score (nSPS) is 20.8. The Balaban J connectivity index is 1.73. The Morgan fingerprint density at radius 3 is 2.62 bits per heavy atom. The van der Waals surface area contributed by atoms with Crippen LogP contribution in [0, 0.1) is 19.8 Å². The van der Waals surface area contributed by atoms with Crippen LogP contribution >= 0.6 is 0 Å². The third-order valence-corrected chi connectivity index (χ3v) is 5.24. The van der Waals surface area contributed by atoms with Gasteiger partial charge in [-0.25, -0.2) is 4.68 Å². The van der Waals surface area contributed by atoms with Gasteiger partial charge in [-0.3, -0.25) is 4.79 Å². The van der Waals surface area contributed by atoms with Crippen molar-refractivity contribution in [1.29, 1.82) is 0 Å². The van der Waals surface area contributed by atoms with Gasteiger partial charge in [0.1, 0.15) is 0 Å². The molecule has 1 saturated carbocycles. The predicted octanol–water partition coefficient (Wildman–Crippen LogP) is 3.73. The molecule has 1 N–H and O–H groups in total. The summed E-state index contributed by atoms with van der Waals surface area (Å²) in [7, 11) is 0. The molecule has 2 atom stereocenters. The molecule has 1 aromatic heterocycles. The number of nitrogens with zero attached hydrogens (tertiary/aromatic N) is 2. The summed E-state index contributed by atoms with van der Waals surface area (Å²) in [5.41, 5.74) is 4.05. The predicted molar refractivity (Wildman–Crippen MR) is 96.3 cm³/mol. The van der Waals surface area contributed by atoms with Crippen molar-refractivity contribution < 1.29 is 4.79 Å². The first-order valence-corrected chi connectivity index (χ1v) is 8.96. The van der Waals surface area contributed by atoms with Crippen LogP contribution in [0.2, 0.25) is 0 Å². The molecule has 0 spiro atoms. The van der Waals surface area contributed by atoms with Crippen LogP contribution in [0.5, 0.6) is 0 Å². The minimum absolute atomic E-state index is 0.118. The van der Waals surface area contributed by atoms with E-state index < -0.39 is 0 Å². The fraction of sp³-hybridized carbons (Fsp3) is 0.500. The Labute approximate surface area is 144 Å². The third-order valence-electron chi connectivity index (χ3n) is 5.24. The Kier molecular flexibility index (Phi) is 5.03. The molecule has 1 fully saturated rings. The van der Waals surface area contributed by atoms with Crippen molar-refractivity contribution in [1.82, 2.24) is 15.1 Å². The van der Waals surface area contributed by atoms with Gasteiger partial charge in [0.25, 0.3) is 0 Å². The summed E-state index contributed by atoms with van der Waals surface area (Å²) in [4.78, 5) is 12.5. The van der Waals surface area contributed by atoms with Gasteiger partial charge >= 0.3 is 0 Å². The van der Waals surface area contributed by atoms with Crippen LogP contribution in [-0.2, 0) is 11.2 Å². The van der Waals surface area contributed by atoms with Crippen molar-refractivity contribution >= 4 is 5.91 Å². The number of hydrogen-bond donors (Lipinski definition) is 1. The summed E-state index contributed by atoms with van der Waals surface area (Å²) < 4.78 is 1.93. The highest BCUT2D eigenvalue weighted by Gasteiger charge is 2.24. The largest absolute Gasteiger partial charge is 0.353 e. The average molecular weight is 325 g/mol. The topological polar surface area (TPSA) is 46.9 Å².